The molecule has 29 heavy (non-hydrogen) atoms. The summed E-state index contributed by atoms with van der Waals surface area (Å²) >= 11 is 0. The van der Waals surface area contributed by atoms with Crippen LogP contribution in [0.5, 0.6) is 5.75 Å². The third-order valence-electron chi connectivity index (χ3n) is 4.87. The van der Waals surface area contributed by atoms with Crippen molar-refractivity contribution in [1.29, 1.82) is 5.26 Å². The average Bonchev–Trinajstić information content (AvgIpc) is 2.69. The highest BCUT2D eigenvalue weighted by Crippen LogP contribution is 2.41. The Morgan fingerprint density at radius 1 is 1.31 bits per heavy atom. The monoisotopic (exact) mass is 392 g/mol. The van der Waals surface area contributed by atoms with Gasteiger partial charge < -0.3 is 15.0 Å². The van der Waals surface area contributed by atoms with Crippen LogP contribution in [0.2, 0.25) is 0 Å². The Morgan fingerprint density at radius 2 is 2.07 bits per heavy atom. The van der Waals surface area contributed by atoms with Gasteiger partial charge in [-0.15, -0.1) is 0 Å². The number of nitriles is 1. The normalized spacial score (nSPS) is 14.4. The van der Waals surface area contributed by atoms with E-state index in [0.717, 1.165) is 5.57 Å². The van der Waals surface area contributed by atoms with E-state index in [0.29, 0.717) is 29.1 Å². The summed E-state index contributed by atoms with van der Waals surface area (Å²) in [5.74, 6) is 0.587. The zero-order valence-corrected chi connectivity index (χ0v) is 17.0. The van der Waals surface area contributed by atoms with Crippen LogP contribution in [0.25, 0.3) is 5.70 Å². The van der Waals surface area contributed by atoms with Crippen LogP contribution in [0.3, 0.4) is 0 Å². The highest BCUT2D eigenvalue weighted by Gasteiger charge is 2.37. The van der Waals surface area contributed by atoms with Crippen LogP contribution in [0.1, 0.15) is 31.9 Å². The van der Waals surface area contributed by atoms with Gasteiger partial charge in [0.15, 0.2) is 0 Å². The van der Waals surface area contributed by atoms with E-state index in [2.05, 4.69) is 11.4 Å². The molecule has 1 aliphatic rings. The minimum Gasteiger partial charge on any atom is -0.483 e. The van der Waals surface area contributed by atoms with Crippen molar-refractivity contribution in [3.05, 3.63) is 69.6 Å². The van der Waals surface area contributed by atoms with Gasteiger partial charge in [-0.3, -0.25) is 9.36 Å². The summed E-state index contributed by atoms with van der Waals surface area (Å²) in [6.45, 7) is 6.44. The highest BCUT2D eigenvalue weighted by atomic mass is 16.5. The predicted octanol–water partition coefficient (Wildman–Crippen LogP) is 2.81. The minimum atomic E-state index is -0.771. The van der Waals surface area contributed by atoms with Crippen molar-refractivity contribution in [2.75, 3.05) is 20.1 Å². The van der Waals surface area contributed by atoms with Crippen molar-refractivity contribution in [2.45, 2.75) is 26.4 Å². The molecular formula is C22H24N4O3. The highest BCUT2D eigenvalue weighted by molar-refractivity contribution is 5.79. The van der Waals surface area contributed by atoms with Gasteiger partial charge in [-0.05, 0) is 45.0 Å². The van der Waals surface area contributed by atoms with Gasteiger partial charge in [0, 0.05) is 43.5 Å². The number of carbonyl (C=O) groups is 1. The number of nitrogens with zero attached hydrogens (tertiary/aromatic N) is 3. The van der Waals surface area contributed by atoms with E-state index in [1.165, 1.54) is 6.07 Å². The Balaban J connectivity index is 2.28. The van der Waals surface area contributed by atoms with Crippen molar-refractivity contribution in [2.24, 2.45) is 0 Å². The van der Waals surface area contributed by atoms with E-state index in [1.807, 2.05) is 20.8 Å². The molecule has 0 saturated heterocycles. The number of rotatable bonds is 4. The van der Waals surface area contributed by atoms with E-state index in [4.69, 9.17) is 4.74 Å². The Labute approximate surface area is 169 Å². The number of amides is 2. The molecule has 0 saturated carbocycles. The van der Waals surface area contributed by atoms with Crippen LogP contribution >= 0.6 is 0 Å². The molecule has 0 fully saturated rings. The first-order valence-electron chi connectivity index (χ1n) is 9.42. The number of ether oxygens (including phenoxy) is 1. The SMILES string of the molecule is CCNC(=O)N(C)CC1=C(n2ccccc2=O)c2cc(C#N)ccc2OC1(C)C. The summed E-state index contributed by atoms with van der Waals surface area (Å²) in [4.78, 5) is 26.6. The van der Waals surface area contributed by atoms with E-state index < -0.39 is 5.60 Å². The quantitative estimate of drug-likeness (QED) is 0.867. The zero-order chi connectivity index (χ0) is 21.2. The fraction of sp³-hybridized carbons (Fsp3) is 0.318. The number of fused-ring (bicyclic) bond motifs is 1. The second kappa shape index (κ2) is 7.84. The number of urea groups is 1. The largest absolute Gasteiger partial charge is 0.483 e. The summed E-state index contributed by atoms with van der Waals surface area (Å²) in [6.07, 6.45) is 1.69. The maximum Gasteiger partial charge on any atom is 0.317 e. The maximum atomic E-state index is 12.7. The molecule has 0 bridgehead atoms. The Hall–Kier alpha value is -3.53. The van der Waals surface area contributed by atoms with E-state index in [1.54, 1.807) is 53.0 Å². The molecule has 0 atom stereocenters. The Morgan fingerprint density at radius 3 is 2.72 bits per heavy atom. The van der Waals surface area contributed by atoms with Crippen LogP contribution in [0, 0.1) is 11.3 Å². The molecule has 2 aromatic rings. The van der Waals surface area contributed by atoms with Crippen molar-refractivity contribution in [3.8, 4) is 11.8 Å². The standard InChI is InChI=1S/C22H24N4O3/c1-5-24-21(28)25(4)14-17-20(26-11-7-6-8-19(26)27)16-12-15(13-23)9-10-18(16)29-22(17,2)3/h6-12H,5,14H2,1-4H3,(H,24,28). The molecule has 150 valence electrons. The molecule has 0 aliphatic carbocycles. The number of carbonyl (C=O) groups excluding carboxylic acids is 1. The van der Waals surface area contributed by atoms with E-state index in [9.17, 15) is 14.9 Å². The molecule has 7 nitrogen and oxygen atoms in total. The molecular weight excluding hydrogens is 368 g/mol. The van der Waals surface area contributed by atoms with Crippen molar-refractivity contribution < 1.29 is 9.53 Å². The molecule has 0 unspecified atom stereocenters. The van der Waals surface area contributed by atoms with Gasteiger partial charge in [0.25, 0.3) is 5.56 Å². The number of aromatic nitrogens is 1. The topological polar surface area (TPSA) is 87.4 Å². The third-order valence-corrected chi connectivity index (χ3v) is 4.87. The number of pyridine rings is 1. The molecule has 1 N–H and O–H groups in total. The number of likely N-dealkylation sites (N-methyl/N-ethyl adjacent to an activating group) is 1. The summed E-state index contributed by atoms with van der Waals surface area (Å²) in [5.41, 5.74) is 1.54. The van der Waals surface area contributed by atoms with Crippen molar-refractivity contribution in [3.63, 3.8) is 0 Å². The van der Waals surface area contributed by atoms with Crippen LogP contribution in [0.15, 0.2) is 53.0 Å². The number of nitrogens with one attached hydrogen (secondary N) is 1. The first kappa shape index (κ1) is 20.2. The van der Waals surface area contributed by atoms with Gasteiger partial charge >= 0.3 is 6.03 Å². The van der Waals surface area contributed by atoms with Crippen LogP contribution in [-0.4, -0.2) is 41.2 Å². The number of hydrogen-bond donors (Lipinski definition) is 1. The van der Waals surface area contributed by atoms with Gasteiger partial charge in [0.2, 0.25) is 0 Å². The molecule has 1 aromatic heterocycles. The fourth-order valence-corrected chi connectivity index (χ4v) is 3.41. The Bertz CT molecular complexity index is 1080. The van der Waals surface area contributed by atoms with Gasteiger partial charge in [-0.1, -0.05) is 6.07 Å². The van der Waals surface area contributed by atoms with Crippen LogP contribution < -0.4 is 15.6 Å². The zero-order valence-electron chi connectivity index (χ0n) is 17.0. The second-order valence-corrected chi connectivity index (χ2v) is 7.36. The fourth-order valence-electron chi connectivity index (χ4n) is 3.41. The molecule has 0 spiro atoms. The molecule has 2 heterocycles. The molecule has 1 aliphatic heterocycles. The predicted molar refractivity (Wildman–Crippen MR) is 111 cm³/mol. The number of benzene rings is 1. The summed E-state index contributed by atoms with van der Waals surface area (Å²) in [5, 5.41) is 12.1. The van der Waals surface area contributed by atoms with Crippen LogP contribution in [0.4, 0.5) is 4.79 Å². The van der Waals surface area contributed by atoms with E-state index in [-0.39, 0.29) is 18.1 Å². The first-order valence-corrected chi connectivity index (χ1v) is 9.42. The van der Waals surface area contributed by atoms with Crippen molar-refractivity contribution in [1.82, 2.24) is 14.8 Å². The molecule has 2 amide bonds. The molecule has 7 heteroatoms. The first-order chi connectivity index (χ1) is 13.8. The van der Waals surface area contributed by atoms with Crippen molar-refractivity contribution >= 4 is 11.7 Å². The molecule has 0 radical (unpaired) electrons. The Kier molecular flexibility index (Phi) is 5.46. The summed E-state index contributed by atoms with van der Waals surface area (Å²) < 4.78 is 7.77. The van der Waals surface area contributed by atoms with Gasteiger partial charge in [-0.2, -0.15) is 5.26 Å². The summed E-state index contributed by atoms with van der Waals surface area (Å²) in [7, 11) is 1.70. The smallest absolute Gasteiger partial charge is 0.317 e. The number of hydrogen-bond acceptors (Lipinski definition) is 4. The second-order valence-electron chi connectivity index (χ2n) is 7.36. The minimum absolute atomic E-state index is 0.202. The lowest BCUT2D eigenvalue weighted by Crippen LogP contribution is -2.45. The van der Waals surface area contributed by atoms with Gasteiger partial charge in [0.1, 0.15) is 11.4 Å². The van der Waals surface area contributed by atoms with Gasteiger partial charge in [-0.25, -0.2) is 4.79 Å². The molecule has 3 rings (SSSR count). The lowest BCUT2D eigenvalue weighted by Gasteiger charge is -2.39. The average molecular weight is 392 g/mol. The van der Waals surface area contributed by atoms with E-state index >= 15 is 0 Å². The third kappa shape index (κ3) is 3.87. The lowest BCUT2D eigenvalue weighted by atomic mass is 9.88. The van der Waals surface area contributed by atoms with Crippen LogP contribution in [-0.2, 0) is 0 Å². The van der Waals surface area contributed by atoms with Gasteiger partial charge in [0.05, 0.1) is 17.3 Å². The molecule has 1 aromatic carbocycles. The maximum absolute atomic E-state index is 12.7. The lowest BCUT2D eigenvalue weighted by molar-refractivity contribution is 0.134. The summed E-state index contributed by atoms with van der Waals surface area (Å²) in [6, 6.07) is 12.0.